The Bertz CT molecular complexity index is 453. The number of phenols is 1. The third kappa shape index (κ3) is 4.07. The summed E-state index contributed by atoms with van der Waals surface area (Å²) in [5, 5.41) is 19.2. The van der Waals surface area contributed by atoms with E-state index in [9.17, 15) is 10.2 Å². The second-order valence-electron chi connectivity index (χ2n) is 5.17. The van der Waals surface area contributed by atoms with Crippen molar-refractivity contribution in [3.05, 3.63) is 26.6 Å². The third-order valence-corrected chi connectivity index (χ3v) is 3.69. The summed E-state index contributed by atoms with van der Waals surface area (Å²) in [5.41, 5.74) is 0.489. The molecule has 3 nitrogen and oxygen atoms in total. The van der Waals surface area contributed by atoms with Crippen molar-refractivity contribution in [2.75, 3.05) is 6.61 Å². The van der Waals surface area contributed by atoms with Gasteiger partial charge in [0.15, 0.2) is 0 Å². The number of benzene rings is 1. The smallest absolute Gasteiger partial charge is 0.138 e. The summed E-state index contributed by atoms with van der Waals surface area (Å²) in [4.78, 5) is 4.35. The van der Waals surface area contributed by atoms with E-state index in [0.29, 0.717) is 10.0 Å². The van der Waals surface area contributed by atoms with E-state index in [1.807, 2.05) is 20.8 Å². The number of rotatable bonds is 3. The van der Waals surface area contributed by atoms with Gasteiger partial charge in [0.2, 0.25) is 0 Å². The van der Waals surface area contributed by atoms with Crippen LogP contribution in [0.15, 0.2) is 26.1 Å². The maximum Gasteiger partial charge on any atom is 0.138 e. The van der Waals surface area contributed by atoms with Crippen LogP contribution in [0, 0.1) is 5.41 Å². The molecule has 0 saturated heterocycles. The number of aromatic hydroxyl groups is 1. The van der Waals surface area contributed by atoms with Crippen molar-refractivity contribution in [1.82, 2.24) is 0 Å². The SMILES string of the molecule is CC(C)(C)[C@H](CO)N=Cc1cc(Br)cc(Br)c1O. The van der Waals surface area contributed by atoms with E-state index in [2.05, 4.69) is 36.9 Å². The van der Waals surface area contributed by atoms with Gasteiger partial charge in [0.1, 0.15) is 5.75 Å². The predicted molar refractivity (Wildman–Crippen MR) is 81.4 cm³/mol. The molecule has 1 atom stereocenters. The van der Waals surface area contributed by atoms with Crippen molar-refractivity contribution < 1.29 is 10.2 Å². The molecule has 0 aliphatic carbocycles. The van der Waals surface area contributed by atoms with Crippen LogP contribution in [0.25, 0.3) is 0 Å². The zero-order valence-electron chi connectivity index (χ0n) is 10.6. The number of halogens is 2. The number of phenolic OH excluding ortho intramolecular Hbond substituents is 1. The highest BCUT2D eigenvalue weighted by Crippen LogP contribution is 2.31. The summed E-state index contributed by atoms with van der Waals surface area (Å²) in [6.07, 6.45) is 1.59. The van der Waals surface area contributed by atoms with Gasteiger partial charge < -0.3 is 10.2 Å². The van der Waals surface area contributed by atoms with E-state index >= 15 is 0 Å². The molecule has 1 aromatic rings. The minimum absolute atomic E-state index is 0.0179. The number of nitrogens with zero attached hydrogens (tertiary/aromatic N) is 1. The Balaban J connectivity index is 3.04. The Hall–Kier alpha value is -0.390. The highest BCUT2D eigenvalue weighted by Gasteiger charge is 2.22. The second kappa shape index (κ2) is 6.17. The molecule has 2 N–H and O–H groups in total. The van der Waals surface area contributed by atoms with Crippen LogP contribution < -0.4 is 0 Å². The molecule has 0 saturated carbocycles. The molecular formula is C13H17Br2NO2. The molecule has 0 amide bonds. The summed E-state index contributed by atoms with van der Waals surface area (Å²) < 4.78 is 1.46. The molecular weight excluding hydrogens is 362 g/mol. The number of aliphatic hydroxyl groups is 1. The molecule has 0 aromatic heterocycles. The van der Waals surface area contributed by atoms with Crippen molar-refractivity contribution in [3.63, 3.8) is 0 Å². The first-order chi connectivity index (χ1) is 8.25. The Morgan fingerprint density at radius 3 is 2.44 bits per heavy atom. The Labute approximate surface area is 124 Å². The lowest BCUT2D eigenvalue weighted by atomic mass is 9.88. The van der Waals surface area contributed by atoms with E-state index in [4.69, 9.17) is 0 Å². The average Bonchev–Trinajstić information content (AvgIpc) is 2.23. The molecule has 0 unspecified atom stereocenters. The van der Waals surface area contributed by atoms with Crippen molar-refractivity contribution in [2.45, 2.75) is 26.8 Å². The number of hydrogen-bond acceptors (Lipinski definition) is 3. The zero-order valence-corrected chi connectivity index (χ0v) is 13.8. The highest BCUT2D eigenvalue weighted by molar-refractivity contribution is 9.11. The van der Waals surface area contributed by atoms with Crippen molar-refractivity contribution in [2.24, 2.45) is 10.4 Å². The van der Waals surface area contributed by atoms with Crippen LogP contribution >= 0.6 is 31.9 Å². The molecule has 5 heteroatoms. The quantitative estimate of drug-likeness (QED) is 0.787. The fraction of sp³-hybridized carbons (Fsp3) is 0.462. The van der Waals surface area contributed by atoms with E-state index in [0.717, 1.165) is 4.47 Å². The first-order valence-electron chi connectivity index (χ1n) is 5.57. The van der Waals surface area contributed by atoms with Crippen LogP contribution in [0.4, 0.5) is 0 Å². The normalized spacial score (nSPS) is 14.1. The largest absolute Gasteiger partial charge is 0.506 e. The van der Waals surface area contributed by atoms with Gasteiger partial charge in [-0.05, 0) is 33.5 Å². The van der Waals surface area contributed by atoms with Crippen LogP contribution in [0.1, 0.15) is 26.3 Å². The van der Waals surface area contributed by atoms with Crippen molar-refractivity contribution in [1.29, 1.82) is 0 Å². The molecule has 0 aliphatic rings. The first kappa shape index (κ1) is 15.7. The van der Waals surface area contributed by atoms with Gasteiger partial charge in [-0.3, -0.25) is 4.99 Å². The first-order valence-corrected chi connectivity index (χ1v) is 7.16. The Kier molecular flexibility index (Phi) is 5.37. The molecule has 0 heterocycles. The van der Waals surface area contributed by atoms with Gasteiger partial charge in [0.25, 0.3) is 0 Å². The lowest BCUT2D eigenvalue weighted by molar-refractivity contribution is 0.191. The predicted octanol–water partition coefficient (Wildman–Crippen LogP) is 3.74. The molecule has 0 bridgehead atoms. The minimum Gasteiger partial charge on any atom is -0.506 e. The van der Waals surface area contributed by atoms with E-state index in [1.165, 1.54) is 0 Å². The summed E-state index contributed by atoms with van der Waals surface area (Å²) in [5.74, 6) is 0.146. The Morgan fingerprint density at radius 2 is 1.94 bits per heavy atom. The molecule has 1 aromatic carbocycles. The second-order valence-corrected chi connectivity index (χ2v) is 6.94. The lowest BCUT2D eigenvalue weighted by Crippen LogP contribution is -2.28. The molecule has 0 aliphatic heterocycles. The minimum atomic E-state index is -0.199. The van der Waals surface area contributed by atoms with Crippen molar-refractivity contribution >= 4 is 38.1 Å². The van der Waals surface area contributed by atoms with E-state index < -0.39 is 0 Å². The molecule has 0 fully saturated rings. The fourth-order valence-corrected chi connectivity index (χ4v) is 2.66. The molecule has 0 spiro atoms. The molecule has 18 heavy (non-hydrogen) atoms. The zero-order chi connectivity index (χ0) is 13.9. The van der Waals surface area contributed by atoms with Gasteiger partial charge in [0.05, 0.1) is 17.1 Å². The molecule has 100 valence electrons. The molecule has 1 rings (SSSR count). The summed E-state index contributed by atoms with van der Waals surface area (Å²) in [6.45, 7) is 6.03. The van der Waals surface area contributed by atoms with Crippen LogP contribution in [0.2, 0.25) is 0 Å². The number of hydrogen-bond donors (Lipinski definition) is 2. The summed E-state index contributed by atoms with van der Waals surface area (Å²) >= 11 is 6.63. The van der Waals surface area contributed by atoms with Gasteiger partial charge in [-0.15, -0.1) is 0 Å². The summed E-state index contributed by atoms with van der Waals surface area (Å²) in [6, 6.07) is 3.34. The molecule has 0 radical (unpaired) electrons. The van der Waals surface area contributed by atoms with Crippen LogP contribution in [0.5, 0.6) is 5.75 Å². The van der Waals surface area contributed by atoms with Gasteiger partial charge >= 0.3 is 0 Å². The summed E-state index contributed by atoms with van der Waals surface area (Å²) in [7, 11) is 0. The van der Waals surface area contributed by atoms with Crippen LogP contribution in [-0.4, -0.2) is 29.1 Å². The van der Waals surface area contributed by atoms with Gasteiger partial charge in [-0.25, -0.2) is 0 Å². The lowest BCUT2D eigenvalue weighted by Gasteiger charge is -2.25. The fourth-order valence-electron chi connectivity index (χ4n) is 1.40. The van der Waals surface area contributed by atoms with Crippen LogP contribution in [0.3, 0.4) is 0 Å². The van der Waals surface area contributed by atoms with Crippen LogP contribution in [-0.2, 0) is 0 Å². The van der Waals surface area contributed by atoms with E-state index in [1.54, 1.807) is 18.3 Å². The monoisotopic (exact) mass is 377 g/mol. The van der Waals surface area contributed by atoms with E-state index in [-0.39, 0.29) is 23.8 Å². The topological polar surface area (TPSA) is 52.8 Å². The Morgan fingerprint density at radius 1 is 1.33 bits per heavy atom. The van der Waals surface area contributed by atoms with Gasteiger partial charge in [0, 0.05) is 16.3 Å². The third-order valence-electron chi connectivity index (χ3n) is 2.62. The number of aliphatic imine (C=N–C) groups is 1. The maximum absolute atomic E-state index is 9.89. The maximum atomic E-state index is 9.89. The van der Waals surface area contributed by atoms with Gasteiger partial charge in [-0.1, -0.05) is 36.7 Å². The standard InChI is InChI=1S/C13H17Br2NO2/c1-13(2,3)11(7-17)16-6-8-4-9(14)5-10(15)12(8)18/h4-6,11,17-18H,7H2,1-3H3/t11-/m0/s1. The highest BCUT2D eigenvalue weighted by atomic mass is 79.9. The van der Waals surface area contributed by atoms with Crippen molar-refractivity contribution in [3.8, 4) is 5.75 Å². The van der Waals surface area contributed by atoms with Gasteiger partial charge in [-0.2, -0.15) is 0 Å². The average molecular weight is 379 g/mol. The number of aliphatic hydroxyl groups excluding tert-OH is 1.